The molecule has 0 unspecified atom stereocenters. The van der Waals surface area contributed by atoms with Crippen LogP contribution in [0.4, 0.5) is 0 Å². The Balaban J connectivity index is 1.20. The lowest BCUT2D eigenvalue weighted by molar-refractivity contribution is -0.345. The molecule has 13 atom stereocenters. The van der Waals surface area contributed by atoms with Gasteiger partial charge in [-0.2, -0.15) is 0 Å². The van der Waals surface area contributed by atoms with Crippen LogP contribution in [-0.2, 0) is 21.7 Å². The van der Waals surface area contributed by atoms with Crippen LogP contribution < -0.4 is 18.9 Å². The van der Waals surface area contributed by atoms with Crippen LogP contribution in [0, 0.1) is 0 Å². The predicted molar refractivity (Wildman–Crippen MR) is 245 cm³/mol. The van der Waals surface area contributed by atoms with E-state index in [-0.39, 0.29) is 68.2 Å². The van der Waals surface area contributed by atoms with Crippen molar-refractivity contribution in [2.45, 2.75) is 85.3 Å². The van der Waals surface area contributed by atoms with Crippen molar-refractivity contribution in [2.75, 3.05) is 6.61 Å². The molecule has 1 fully saturated rings. The van der Waals surface area contributed by atoms with Crippen LogP contribution >= 0.6 is 0 Å². The second-order valence-corrected chi connectivity index (χ2v) is 18.7. The number of benzene rings is 6. The van der Waals surface area contributed by atoms with Crippen LogP contribution in [0.15, 0.2) is 78.9 Å². The van der Waals surface area contributed by atoms with Gasteiger partial charge in [0.15, 0.2) is 53.0 Å². The molecule has 11 rings (SSSR count). The minimum Gasteiger partial charge on any atom is -0.508 e. The average molecular weight is 1030 g/mol. The Kier molecular flexibility index (Phi) is 11.3. The molecule has 6 aromatic carbocycles. The van der Waals surface area contributed by atoms with Gasteiger partial charge in [0.1, 0.15) is 88.4 Å². The van der Waals surface area contributed by atoms with E-state index in [0.717, 1.165) is 60.7 Å². The molecule has 23 nitrogen and oxygen atoms in total. The quantitative estimate of drug-likeness (QED) is 0.102. The van der Waals surface area contributed by atoms with Crippen LogP contribution in [0.25, 0.3) is 0 Å². The number of aliphatic hydroxyl groups is 6. The number of aliphatic hydroxyl groups excluding tert-OH is 6. The first-order chi connectivity index (χ1) is 35.2. The first kappa shape index (κ1) is 48.3. The predicted octanol–water partition coefficient (Wildman–Crippen LogP) is 2.07. The SMILES string of the molecule is OC[C@H]1O[C@H](O[C@@H]2[C@@H]3c4c(O)cc(O)cc4O[C@@]2(c2ccc(O)c(O)c2)Oc2cc(O)c4c(c23)O[C@@H](c2ccc(O)c(O)c2)[C@@H](O)[C@@H]4c2c(O)cc(O)c3c2O[C@@H](c2ccc(O)c(O)c2)[C@@H](O)C3)[C@@H](O)[C@@H](O)[C@@H]1O. The summed E-state index contributed by atoms with van der Waals surface area (Å²) in [6, 6.07) is 14.2. The van der Waals surface area contributed by atoms with Crippen LogP contribution in [0.2, 0.25) is 0 Å². The third kappa shape index (κ3) is 7.26. The lowest BCUT2D eigenvalue weighted by atomic mass is 9.71. The fraction of sp³-hybridized carbons (Fsp3) is 0.294. The minimum absolute atomic E-state index is 0.0404. The van der Waals surface area contributed by atoms with E-state index in [4.69, 9.17) is 28.4 Å². The number of hydrogen-bond donors (Lipinski definition) is 17. The molecule has 0 aromatic heterocycles. The van der Waals surface area contributed by atoms with Gasteiger partial charge >= 0.3 is 5.79 Å². The van der Waals surface area contributed by atoms with E-state index >= 15 is 0 Å². The van der Waals surface area contributed by atoms with Crippen LogP contribution in [0.3, 0.4) is 0 Å². The molecule has 0 amide bonds. The Bertz CT molecular complexity index is 3250. The molecule has 6 aromatic rings. The molecule has 1 saturated heterocycles. The zero-order valence-corrected chi connectivity index (χ0v) is 37.9. The van der Waals surface area contributed by atoms with Gasteiger partial charge in [0.2, 0.25) is 0 Å². The lowest BCUT2D eigenvalue weighted by Crippen LogP contribution is -2.64. The Morgan fingerprint density at radius 2 is 1.05 bits per heavy atom. The van der Waals surface area contributed by atoms with Crippen molar-refractivity contribution in [1.82, 2.24) is 0 Å². The standard InChI is InChI=1S/C51H46O23/c52-15-34-41(65)43(67)44(68)50(69-34)72-49-40-35-28(61)10-19(53)11-32(35)73-51(49,18-3-6-23(56)27(60)9-18)74-33-14-30(63)37-39(42(66)46(71-48(37)38(33)40)17-2-5-22(55)26(59)8-17)36-29(62)13-24(57)20-12-31(64)45(70-47(20)36)16-1-4-21(54)25(58)7-16/h1-11,13-14,31,34,39-46,49-50,52-68H,12,15H2/t31-,34+,39+,40+,41+,42-,43-,44-,45-,46-,49+,50+,51-/m0/s1. The highest BCUT2D eigenvalue weighted by molar-refractivity contribution is 5.72. The zero-order valence-electron chi connectivity index (χ0n) is 37.9. The Morgan fingerprint density at radius 3 is 1.69 bits per heavy atom. The highest BCUT2D eigenvalue weighted by Crippen LogP contribution is 2.66. The number of aromatic hydroxyl groups is 11. The van der Waals surface area contributed by atoms with E-state index in [1.54, 1.807) is 0 Å². The van der Waals surface area contributed by atoms with Crippen molar-refractivity contribution < 1.29 is 115 Å². The van der Waals surface area contributed by atoms with Gasteiger partial charge in [0, 0.05) is 64.1 Å². The molecule has 17 N–H and O–H groups in total. The fourth-order valence-electron chi connectivity index (χ4n) is 10.8. The topological polar surface area (TPSA) is 399 Å². The number of phenols is 11. The minimum atomic E-state index is -2.52. The summed E-state index contributed by atoms with van der Waals surface area (Å²) >= 11 is 0. The third-order valence-corrected chi connectivity index (χ3v) is 14.3. The fourth-order valence-corrected chi connectivity index (χ4v) is 10.8. The first-order valence-electron chi connectivity index (χ1n) is 22.8. The summed E-state index contributed by atoms with van der Waals surface area (Å²) in [4.78, 5) is 0. The molecule has 23 heteroatoms. The Labute approximate surface area is 415 Å². The molecule has 74 heavy (non-hydrogen) atoms. The summed E-state index contributed by atoms with van der Waals surface area (Å²) in [5, 5.41) is 189. The first-order valence-corrected chi connectivity index (χ1v) is 22.8. The molecule has 0 spiro atoms. The lowest BCUT2D eigenvalue weighted by Gasteiger charge is -2.53. The van der Waals surface area contributed by atoms with Gasteiger partial charge in [-0.1, -0.05) is 12.1 Å². The van der Waals surface area contributed by atoms with Crippen molar-refractivity contribution in [3.05, 3.63) is 123 Å². The van der Waals surface area contributed by atoms with Gasteiger partial charge < -0.3 is 115 Å². The smallest absolute Gasteiger partial charge is 0.305 e. The molecular weight excluding hydrogens is 981 g/mol. The molecule has 5 aliphatic rings. The molecule has 0 saturated carbocycles. The molecule has 388 valence electrons. The van der Waals surface area contributed by atoms with Crippen molar-refractivity contribution in [3.8, 4) is 86.2 Å². The number of ether oxygens (including phenoxy) is 6. The van der Waals surface area contributed by atoms with Crippen LogP contribution in [0.5, 0.6) is 86.2 Å². The van der Waals surface area contributed by atoms with E-state index in [9.17, 15) is 86.8 Å². The van der Waals surface area contributed by atoms with E-state index in [1.807, 2.05) is 0 Å². The monoisotopic (exact) mass is 1030 g/mol. The molecule has 0 radical (unpaired) electrons. The van der Waals surface area contributed by atoms with Crippen molar-refractivity contribution in [1.29, 1.82) is 0 Å². The second kappa shape index (κ2) is 17.3. The summed E-state index contributed by atoms with van der Waals surface area (Å²) in [5.41, 5.74) is -1.30. The molecular formula is C51H46O23. The summed E-state index contributed by atoms with van der Waals surface area (Å²) in [7, 11) is 0. The summed E-state index contributed by atoms with van der Waals surface area (Å²) in [5.74, 6) is -14.3. The Morgan fingerprint density at radius 1 is 0.486 bits per heavy atom. The van der Waals surface area contributed by atoms with Gasteiger partial charge in [-0.05, 0) is 53.6 Å². The summed E-state index contributed by atoms with van der Waals surface area (Å²) < 4.78 is 38.8. The van der Waals surface area contributed by atoms with Gasteiger partial charge in [0.05, 0.1) is 24.5 Å². The third-order valence-electron chi connectivity index (χ3n) is 14.3. The van der Waals surface area contributed by atoms with E-state index in [2.05, 4.69) is 0 Å². The molecule has 0 aliphatic carbocycles. The van der Waals surface area contributed by atoms with E-state index in [1.165, 1.54) is 18.2 Å². The van der Waals surface area contributed by atoms with Gasteiger partial charge in [-0.25, -0.2) is 0 Å². The Hall–Kier alpha value is -8.00. The molecule has 5 aliphatic heterocycles. The number of fused-ring (bicyclic) bond motifs is 9. The second-order valence-electron chi connectivity index (χ2n) is 18.7. The largest absolute Gasteiger partial charge is 0.508 e. The number of phenolic OH excluding ortho intramolecular Hbond substituents is 11. The number of rotatable bonds is 7. The van der Waals surface area contributed by atoms with Crippen LogP contribution in [0.1, 0.15) is 68.6 Å². The zero-order chi connectivity index (χ0) is 52.6. The maximum atomic E-state index is 12.8. The van der Waals surface area contributed by atoms with Gasteiger partial charge in [0.25, 0.3) is 0 Å². The van der Waals surface area contributed by atoms with E-state index < -0.39 is 154 Å². The average Bonchev–Trinajstić information content (AvgIpc) is 3.36. The summed E-state index contributed by atoms with van der Waals surface area (Å²) in [6.07, 6.45) is -18.3. The van der Waals surface area contributed by atoms with Gasteiger partial charge in [-0.3, -0.25) is 0 Å². The number of hydrogen-bond acceptors (Lipinski definition) is 23. The van der Waals surface area contributed by atoms with Crippen LogP contribution in [-0.4, -0.2) is 142 Å². The highest BCUT2D eigenvalue weighted by Gasteiger charge is 2.64. The van der Waals surface area contributed by atoms with Crippen molar-refractivity contribution >= 4 is 0 Å². The molecule has 2 bridgehead atoms. The normalized spacial score (nSPS) is 29.5. The highest BCUT2D eigenvalue weighted by atomic mass is 16.8. The molecule has 5 heterocycles. The maximum absolute atomic E-state index is 12.8. The summed E-state index contributed by atoms with van der Waals surface area (Å²) in [6.45, 7) is -0.901. The van der Waals surface area contributed by atoms with Crippen molar-refractivity contribution in [3.63, 3.8) is 0 Å². The maximum Gasteiger partial charge on any atom is 0.305 e. The van der Waals surface area contributed by atoms with Crippen molar-refractivity contribution in [2.24, 2.45) is 0 Å². The van der Waals surface area contributed by atoms with Gasteiger partial charge in [-0.15, -0.1) is 0 Å². The van der Waals surface area contributed by atoms with E-state index in [0.29, 0.717) is 0 Å².